The highest BCUT2D eigenvalue weighted by Crippen LogP contribution is 2.52. The number of carbonyl (C=O) groups is 3. The Bertz CT molecular complexity index is 2960. The molecule has 2 aliphatic heterocycles. The topological polar surface area (TPSA) is 227 Å². The first-order chi connectivity index (χ1) is 29.0. The van der Waals surface area contributed by atoms with Crippen LogP contribution < -0.4 is 4.90 Å². The largest absolute Gasteiger partial charge is 0.506 e. The summed E-state index contributed by atoms with van der Waals surface area (Å²) >= 11 is 0. The maximum atomic E-state index is 14.3. The Kier molecular flexibility index (Phi) is 11.6. The van der Waals surface area contributed by atoms with Gasteiger partial charge in [-0.15, -0.1) is 0 Å². The van der Waals surface area contributed by atoms with Gasteiger partial charge in [0.05, 0.1) is 26.4 Å². The molecule has 1 aliphatic carbocycles. The molecule has 0 aromatic heterocycles. The lowest BCUT2D eigenvalue weighted by Crippen LogP contribution is -2.32. The van der Waals surface area contributed by atoms with Crippen LogP contribution in [0.4, 0.5) is 11.4 Å². The summed E-state index contributed by atoms with van der Waals surface area (Å²) in [5.74, 6) is -2.36. The summed E-state index contributed by atoms with van der Waals surface area (Å²) in [5, 5.41) is 32.8. The number of aliphatic hydroxyl groups is 1. The van der Waals surface area contributed by atoms with Crippen LogP contribution in [0, 0.1) is 0 Å². The van der Waals surface area contributed by atoms with Gasteiger partial charge in [-0.1, -0.05) is 38.5 Å². The molecule has 0 radical (unpaired) electrons. The normalized spacial score (nSPS) is 18.3. The molecule has 0 saturated heterocycles. The highest BCUT2D eigenvalue weighted by Gasteiger charge is 2.48. The molecule has 62 heavy (non-hydrogen) atoms. The van der Waals surface area contributed by atoms with E-state index in [1.54, 1.807) is 36.4 Å². The smallest absolute Gasteiger partial charge is 0.303 e. The van der Waals surface area contributed by atoms with Crippen LogP contribution in [0.3, 0.4) is 0 Å². The molecule has 4 aromatic rings. The van der Waals surface area contributed by atoms with Crippen molar-refractivity contribution in [2.45, 2.75) is 99.7 Å². The zero-order valence-electron chi connectivity index (χ0n) is 34.8. The van der Waals surface area contributed by atoms with Crippen molar-refractivity contribution in [3.05, 3.63) is 107 Å². The molecule has 2 heterocycles. The number of Topliss-reactive ketones (excluding diaryl/α,β-unsaturated/α-hetero) is 1. The quantitative estimate of drug-likeness (QED) is 0.0310. The molecule has 0 bridgehead atoms. The van der Waals surface area contributed by atoms with E-state index in [9.17, 15) is 55.6 Å². The Labute approximate surface area is 359 Å². The number of ketones is 1. The molecular weight excluding hydrogens is 837 g/mol. The van der Waals surface area contributed by atoms with Crippen molar-refractivity contribution in [3.63, 3.8) is 0 Å². The molecule has 0 saturated carbocycles. The summed E-state index contributed by atoms with van der Waals surface area (Å²) in [6, 6.07) is 16.0. The number of benzene rings is 4. The number of carbonyl (C=O) groups excluding carboxylic acids is 1. The lowest BCUT2D eigenvalue weighted by atomic mass is 9.76. The molecule has 0 amide bonds. The summed E-state index contributed by atoms with van der Waals surface area (Å²) in [5.41, 5.74) is 3.36. The summed E-state index contributed by atoms with van der Waals surface area (Å²) in [4.78, 5) is 38.2. The molecule has 0 fully saturated rings. The van der Waals surface area contributed by atoms with Crippen LogP contribution in [0.25, 0.3) is 21.5 Å². The molecule has 3 aliphatic rings. The van der Waals surface area contributed by atoms with Gasteiger partial charge in [0, 0.05) is 60.3 Å². The third-order valence-corrected chi connectivity index (χ3v) is 14.0. The van der Waals surface area contributed by atoms with E-state index < -0.39 is 48.8 Å². The number of anilines is 1. The Morgan fingerprint density at radius 3 is 1.79 bits per heavy atom. The van der Waals surface area contributed by atoms with Gasteiger partial charge in [0.1, 0.15) is 12.3 Å². The zero-order valence-corrected chi connectivity index (χ0v) is 36.4. The van der Waals surface area contributed by atoms with E-state index in [-0.39, 0.29) is 39.5 Å². The van der Waals surface area contributed by atoms with E-state index in [0.717, 1.165) is 33.3 Å². The van der Waals surface area contributed by atoms with Crippen molar-refractivity contribution in [1.29, 1.82) is 0 Å². The third-order valence-electron chi connectivity index (χ3n) is 12.3. The van der Waals surface area contributed by atoms with Crippen LogP contribution in [0.2, 0.25) is 0 Å². The Hall–Kier alpha value is -5.68. The van der Waals surface area contributed by atoms with Crippen molar-refractivity contribution in [2.75, 3.05) is 18.0 Å². The summed E-state index contributed by atoms with van der Waals surface area (Å²) in [6.07, 6.45) is 6.89. The number of aliphatic hydroxyl groups excluding tert-OH is 1. The van der Waals surface area contributed by atoms with Gasteiger partial charge in [0.2, 0.25) is 11.5 Å². The molecule has 16 heteroatoms. The molecule has 7 rings (SSSR count). The fourth-order valence-electron chi connectivity index (χ4n) is 9.30. The molecule has 5 N–H and O–H groups in total. The highest BCUT2D eigenvalue weighted by molar-refractivity contribution is 7.86. The first-order valence-corrected chi connectivity index (χ1v) is 23.3. The van der Waals surface area contributed by atoms with Gasteiger partial charge in [-0.3, -0.25) is 23.5 Å². The SMILES string of the molecule is CC1(C)C(C=C2C(=O)C(/C=C3/N(CCCCCC(=O)O)c4ccc5cc(S(=O)(=O)O)ccc5c4C3(C)C)=C2O)=[N+](CCCCCC(=O)O)c2ccc3cc(S(=O)(=O)O)ccc3c21. The second-order valence-electron chi connectivity index (χ2n) is 17.2. The van der Waals surface area contributed by atoms with E-state index in [2.05, 4.69) is 9.48 Å². The predicted octanol–water partition coefficient (Wildman–Crippen LogP) is 8.16. The minimum absolute atomic E-state index is 0.0319. The molecule has 0 unspecified atom stereocenters. The van der Waals surface area contributed by atoms with Gasteiger partial charge >= 0.3 is 11.9 Å². The number of carboxylic acid groups (broad SMARTS) is 2. The summed E-state index contributed by atoms with van der Waals surface area (Å²) in [6.45, 7) is 8.82. The minimum atomic E-state index is -4.47. The number of carboxylic acids is 2. The number of unbranched alkanes of at least 4 members (excludes halogenated alkanes) is 4. The maximum absolute atomic E-state index is 14.3. The molecule has 0 atom stereocenters. The predicted molar refractivity (Wildman–Crippen MR) is 234 cm³/mol. The average Bonchev–Trinajstić information content (AvgIpc) is 3.55. The molecule has 14 nitrogen and oxygen atoms in total. The Morgan fingerprint density at radius 1 is 0.694 bits per heavy atom. The van der Waals surface area contributed by atoms with Crippen LogP contribution in [0.15, 0.2) is 105 Å². The van der Waals surface area contributed by atoms with Gasteiger partial charge in [0.25, 0.3) is 20.2 Å². The van der Waals surface area contributed by atoms with Crippen molar-refractivity contribution < 1.29 is 60.2 Å². The molecule has 0 spiro atoms. The fourth-order valence-corrected chi connectivity index (χ4v) is 10.3. The lowest BCUT2D eigenvalue weighted by Gasteiger charge is -2.29. The molecule has 4 aromatic carbocycles. The third kappa shape index (κ3) is 8.07. The van der Waals surface area contributed by atoms with Crippen LogP contribution in [-0.4, -0.2) is 82.4 Å². The monoisotopic (exact) mass is 885 g/mol. The zero-order chi connectivity index (χ0) is 45.1. The van der Waals surface area contributed by atoms with Gasteiger partial charge < -0.3 is 20.2 Å². The van der Waals surface area contributed by atoms with Gasteiger partial charge in [-0.05, 0) is 109 Å². The number of hydrogen-bond donors (Lipinski definition) is 5. The number of aliphatic carboxylic acids is 2. The number of fused-ring (bicyclic) bond motifs is 6. The van der Waals surface area contributed by atoms with Crippen molar-refractivity contribution in [2.24, 2.45) is 0 Å². The number of hydrogen-bond acceptors (Lipinski definition) is 9. The fraction of sp³-hybridized carbons (Fsp3) is 0.348. The molecular formula is C46H49N2O12S2+. The van der Waals surface area contributed by atoms with Crippen LogP contribution >= 0.6 is 0 Å². The van der Waals surface area contributed by atoms with Gasteiger partial charge in [0.15, 0.2) is 5.71 Å². The summed E-state index contributed by atoms with van der Waals surface area (Å²) in [7, 11) is -8.93. The van der Waals surface area contributed by atoms with E-state index in [4.69, 9.17) is 0 Å². The second-order valence-corrected chi connectivity index (χ2v) is 20.0. The highest BCUT2D eigenvalue weighted by atomic mass is 32.2. The standard InChI is InChI=1S/C46H48N2O12S2/c1-45(2)37(47(21-9-5-7-11-39(49)50)35-19-13-27-23-29(61(55,56)57)15-17-31(27)41(35)45)25-33-43(53)34(44(33)54)26-38-46(3,4)42-32-18-16-30(62(58,59)60)24-28(32)14-20-36(42)48(38)22-10-6-8-12-40(51)52/h13-20,23-26H,5-12,21-22H2,1-4H3,(H4-,49,50,51,52,53,54,55,56,57,58,59,60)/p+1. The van der Waals surface area contributed by atoms with Crippen molar-refractivity contribution in [3.8, 4) is 0 Å². The van der Waals surface area contributed by atoms with E-state index in [0.29, 0.717) is 73.8 Å². The molecule has 326 valence electrons. The number of rotatable bonds is 16. The number of allylic oxidation sites excluding steroid dienone is 5. The van der Waals surface area contributed by atoms with Crippen molar-refractivity contribution >= 4 is 76.6 Å². The Morgan fingerprint density at radius 2 is 1.24 bits per heavy atom. The summed E-state index contributed by atoms with van der Waals surface area (Å²) < 4.78 is 69.5. The first kappa shape index (κ1) is 44.4. The average molecular weight is 886 g/mol. The van der Waals surface area contributed by atoms with E-state index >= 15 is 0 Å². The first-order valence-electron chi connectivity index (χ1n) is 20.4. The van der Waals surface area contributed by atoms with E-state index in [1.807, 2.05) is 39.8 Å². The van der Waals surface area contributed by atoms with Gasteiger partial charge in [-0.2, -0.15) is 21.4 Å². The maximum Gasteiger partial charge on any atom is 0.303 e. The van der Waals surface area contributed by atoms with Crippen LogP contribution in [0.5, 0.6) is 0 Å². The Balaban J connectivity index is 1.31. The lowest BCUT2D eigenvalue weighted by molar-refractivity contribution is -0.438. The number of nitrogens with zero attached hydrogens (tertiary/aromatic N) is 2. The van der Waals surface area contributed by atoms with Crippen LogP contribution in [-0.2, 0) is 45.4 Å². The van der Waals surface area contributed by atoms with Crippen molar-refractivity contribution in [1.82, 2.24) is 0 Å². The van der Waals surface area contributed by atoms with E-state index in [1.165, 1.54) is 24.3 Å². The minimum Gasteiger partial charge on any atom is -0.506 e. The van der Waals surface area contributed by atoms with Crippen LogP contribution in [0.1, 0.15) is 90.2 Å². The van der Waals surface area contributed by atoms with Gasteiger partial charge in [-0.25, -0.2) is 0 Å². The second kappa shape index (κ2) is 16.2.